The van der Waals surface area contributed by atoms with Crippen molar-refractivity contribution in [1.29, 1.82) is 0 Å². The van der Waals surface area contributed by atoms with Crippen LogP contribution in [0.4, 0.5) is 0 Å². The second kappa shape index (κ2) is 11.3. The molecule has 1 fully saturated rings. The van der Waals surface area contributed by atoms with Gasteiger partial charge >= 0.3 is 5.97 Å². The molecule has 0 bridgehead atoms. The number of carbonyl (C=O) groups is 1. The minimum absolute atomic E-state index is 0.0425. The van der Waals surface area contributed by atoms with Crippen molar-refractivity contribution in [3.8, 4) is 0 Å². The molecular formula is C30H34O3. The average Bonchev–Trinajstić information content (AvgIpc) is 2.87. The van der Waals surface area contributed by atoms with E-state index in [2.05, 4.69) is 43.3 Å². The van der Waals surface area contributed by atoms with Gasteiger partial charge in [0, 0.05) is 0 Å². The standard InChI is InChI=1S/C30H34O3/c1-2-3-4-5-15-22-28-27(29(31)33-28)23-32-30(24-16-9-6-10-17-24,25-18-11-7-12-19-25)26-20-13-8-14-21-26/h6-14,16-21,27-28H,2-5,15,22-23H2,1H3/t27-,28-/m0/s1. The zero-order chi connectivity index (χ0) is 22.9. The molecule has 0 spiro atoms. The third-order valence-corrected chi connectivity index (χ3v) is 6.63. The Hall–Kier alpha value is -2.91. The predicted molar refractivity (Wildman–Crippen MR) is 132 cm³/mol. The molecule has 0 saturated carbocycles. The molecule has 3 aromatic carbocycles. The fraction of sp³-hybridized carbons (Fsp3) is 0.367. The molecule has 2 atom stereocenters. The molecule has 3 aromatic rings. The van der Waals surface area contributed by atoms with Crippen molar-refractivity contribution in [2.45, 2.75) is 57.2 Å². The molecule has 1 heterocycles. The van der Waals surface area contributed by atoms with E-state index < -0.39 is 5.60 Å². The molecule has 1 saturated heterocycles. The molecule has 0 aliphatic carbocycles. The second-order valence-corrected chi connectivity index (χ2v) is 8.87. The fourth-order valence-corrected chi connectivity index (χ4v) is 4.77. The van der Waals surface area contributed by atoms with Crippen LogP contribution in [0.3, 0.4) is 0 Å². The van der Waals surface area contributed by atoms with Crippen molar-refractivity contribution in [3.05, 3.63) is 108 Å². The number of unbranched alkanes of at least 4 members (excludes halogenated alkanes) is 4. The zero-order valence-electron chi connectivity index (χ0n) is 19.5. The van der Waals surface area contributed by atoms with Gasteiger partial charge in [0.2, 0.25) is 0 Å². The molecule has 1 aliphatic heterocycles. The van der Waals surface area contributed by atoms with Crippen molar-refractivity contribution >= 4 is 5.97 Å². The van der Waals surface area contributed by atoms with Crippen LogP contribution < -0.4 is 0 Å². The Balaban J connectivity index is 1.60. The highest BCUT2D eigenvalue weighted by atomic mass is 16.6. The Kier molecular flexibility index (Phi) is 7.96. The molecule has 3 nitrogen and oxygen atoms in total. The first-order valence-electron chi connectivity index (χ1n) is 12.3. The normalized spacial score (nSPS) is 17.9. The fourth-order valence-electron chi connectivity index (χ4n) is 4.77. The van der Waals surface area contributed by atoms with Gasteiger partial charge in [0.1, 0.15) is 17.6 Å². The van der Waals surface area contributed by atoms with Crippen molar-refractivity contribution in [2.24, 2.45) is 5.92 Å². The first-order chi connectivity index (χ1) is 16.3. The lowest BCUT2D eigenvalue weighted by Crippen LogP contribution is -2.49. The van der Waals surface area contributed by atoms with Crippen LogP contribution in [0.1, 0.15) is 62.1 Å². The molecule has 3 heteroatoms. The monoisotopic (exact) mass is 442 g/mol. The van der Waals surface area contributed by atoms with Gasteiger partial charge in [-0.15, -0.1) is 0 Å². The Morgan fingerprint density at radius 1 is 0.727 bits per heavy atom. The minimum atomic E-state index is -0.800. The summed E-state index contributed by atoms with van der Waals surface area (Å²) >= 11 is 0. The Labute approximate surface area is 197 Å². The Bertz CT molecular complexity index is 888. The molecule has 0 radical (unpaired) electrons. The molecule has 0 N–H and O–H groups in total. The van der Waals surface area contributed by atoms with E-state index >= 15 is 0 Å². The minimum Gasteiger partial charge on any atom is -0.461 e. The first kappa shape index (κ1) is 23.3. The van der Waals surface area contributed by atoms with E-state index in [1.807, 2.05) is 54.6 Å². The molecule has 4 rings (SSSR count). The highest BCUT2D eigenvalue weighted by Crippen LogP contribution is 2.42. The number of hydrogen-bond acceptors (Lipinski definition) is 3. The Morgan fingerprint density at radius 2 is 1.21 bits per heavy atom. The smallest absolute Gasteiger partial charge is 0.315 e. The van der Waals surface area contributed by atoms with Gasteiger partial charge in [0.25, 0.3) is 0 Å². The summed E-state index contributed by atoms with van der Waals surface area (Å²) in [6.07, 6.45) is 6.91. The van der Waals surface area contributed by atoms with Crippen molar-refractivity contribution < 1.29 is 14.3 Å². The van der Waals surface area contributed by atoms with Crippen LogP contribution in [0.5, 0.6) is 0 Å². The summed E-state index contributed by atoms with van der Waals surface area (Å²) in [5.74, 6) is -0.358. The third kappa shape index (κ3) is 5.20. The summed E-state index contributed by atoms with van der Waals surface area (Å²) in [5.41, 5.74) is 2.34. The van der Waals surface area contributed by atoms with E-state index in [1.54, 1.807) is 0 Å². The highest BCUT2D eigenvalue weighted by Gasteiger charge is 2.45. The van der Waals surface area contributed by atoms with Gasteiger partial charge in [-0.05, 0) is 29.5 Å². The first-order valence-corrected chi connectivity index (χ1v) is 12.3. The van der Waals surface area contributed by atoms with E-state index in [9.17, 15) is 4.79 Å². The van der Waals surface area contributed by atoms with Gasteiger partial charge in [0.15, 0.2) is 0 Å². The topological polar surface area (TPSA) is 35.5 Å². The van der Waals surface area contributed by atoms with E-state index in [1.165, 1.54) is 25.7 Å². The average molecular weight is 443 g/mol. The summed E-state index contributed by atoms with van der Waals surface area (Å²) in [7, 11) is 0. The lowest BCUT2D eigenvalue weighted by molar-refractivity contribution is -0.194. The van der Waals surface area contributed by atoms with E-state index in [0.29, 0.717) is 6.61 Å². The quantitative estimate of drug-likeness (QED) is 0.174. The summed E-state index contributed by atoms with van der Waals surface area (Å²) in [6, 6.07) is 30.9. The van der Waals surface area contributed by atoms with Crippen LogP contribution >= 0.6 is 0 Å². The molecule has 172 valence electrons. The zero-order valence-corrected chi connectivity index (χ0v) is 19.5. The summed E-state index contributed by atoms with van der Waals surface area (Å²) < 4.78 is 12.4. The number of cyclic esters (lactones) is 1. The van der Waals surface area contributed by atoms with Crippen LogP contribution in [-0.4, -0.2) is 18.7 Å². The number of ether oxygens (including phenoxy) is 2. The third-order valence-electron chi connectivity index (χ3n) is 6.63. The predicted octanol–water partition coefficient (Wildman–Crippen LogP) is 6.90. The van der Waals surface area contributed by atoms with Crippen LogP contribution in [0, 0.1) is 5.92 Å². The second-order valence-electron chi connectivity index (χ2n) is 8.87. The highest BCUT2D eigenvalue weighted by molar-refractivity contribution is 5.78. The summed E-state index contributed by atoms with van der Waals surface area (Å²) in [5, 5.41) is 0. The maximum Gasteiger partial charge on any atom is 0.315 e. The van der Waals surface area contributed by atoms with Crippen molar-refractivity contribution in [2.75, 3.05) is 6.61 Å². The van der Waals surface area contributed by atoms with Gasteiger partial charge in [-0.25, -0.2) is 0 Å². The molecule has 0 unspecified atom stereocenters. The van der Waals surface area contributed by atoms with Gasteiger partial charge in [-0.2, -0.15) is 0 Å². The largest absolute Gasteiger partial charge is 0.461 e. The SMILES string of the molecule is CCCCCCC[C@@H]1OC(=O)[C@H]1COC(c1ccccc1)(c1ccccc1)c1ccccc1. The van der Waals surface area contributed by atoms with Gasteiger partial charge < -0.3 is 9.47 Å². The van der Waals surface area contributed by atoms with Gasteiger partial charge in [-0.3, -0.25) is 4.79 Å². The molecule has 33 heavy (non-hydrogen) atoms. The summed E-state index contributed by atoms with van der Waals surface area (Å²) in [6.45, 7) is 2.55. The van der Waals surface area contributed by atoms with Crippen molar-refractivity contribution in [3.63, 3.8) is 0 Å². The van der Waals surface area contributed by atoms with Crippen molar-refractivity contribution in [1.82, 2.24) is 0 Å². The Morgan fingerprint density at radius 3 is 1.67 bits per heavy atom. The van der Waals surface area contributed by atoms with Gasteiger partial charge in [-0.1, -0.05) is 124 Å². The van der Waals surface area contributed by atoms with Gasteiger partial charge in [0.05, 0.1) is 6.61 Å². The number of benzene rings is 3. The number of carbonyl (C=O) groups excluding carboxylic acids is 1. The van der Waals surface area contributed by atoms with E-state index in [-0.39, 0.29) is 18.0 Å². The van der Waals surface area contributed by atoms with E-state index in [4.69, 9.17) is 9.47 Å². The van der Waals surface area contributed by atoms with Crippen LogP contribution in [0.15, 0.2) is 91.0 Å². The lowest BCUT2D eigenvalue weighted by atomic mass is 9.79. The lowest BCUT2D eigenvalue weighted by Gasteiger charge is -2.40. The maximum absolute atomic E-state index is 12.4. The number of rotatable bonds is 12. The molecular weight excluding hydrogens is 408 g/mol. The van der Waals surface area contributed by atoms with Crippen LogP contribution in [0.2, 0.25) is 0 Å². The molecule has 0 aromatic heterocycles. The number of hydrogen-bond donors (Lipinski definition) is 0. The molecule has 1 aliphatic rings. The molecule has 0 amide bonds. The van der Waals surface area contributed by atoms with Crippen LogP contribution in [-0.2, 0) is 19.9 Å². The maximum atomic E-state index is 12.4. The summed E-state index contributed by atoms with van der Waals surface area (Å²) in [4.78, 5) is 12.4. The van der Waals surface area contributed by atoms with E-state index in [0.717, 1.165) is 29.5 Å². The number of esters is 1. The van der Waals surface area contributed by atoms with Crippen LogP contribution in [0.25, 0.3) is 0 Å².